The van der Waals surface area contributed by atoms with Crippen LogP contribution in [0.25, 0.3) is 0 Å². The number of aliphatic hydroxyl groups is 1. The number of nitrogens with zero attached hydrogens (tertiary/aromatic N) is 1. The third-order valence-electron chi connectivity index (χ3n) is 3.22. The van der Waals surface area contributed by atoms with Crippen molar-refractivity contribution in [3.8, 4) is 11.5 Å². The van der Waals surface area contributed by atoms with Crippen molar-refractivity contribution >= 4 is 0 Å². The summed E-state index contributed by atoms with van der Waals surface area (Å²) in [6.07, 6.45) is -0.611. The van der Waals surface area contributed by atoms with Gasteiger partial charge in [-0.3, -0.25) is 0 Å². The number of methoxy groups -OCH3 is 1. The second kappa shape index (κ2) is 5.96. The molecule has 0 radical (unpaired) electrons. The molecule has 1 aromatic heterocycles. The average Bonchev–Trinajstić information content (AvgIpc) is 2.75. The first-order valence-electron chi connectivity index (χ1n) is 6.43. The van der Waals surface area contributed by atoms with E-state index < -0.39 is 6.10 Å². The molecule has 0 saturated carbocycles. The molecule has 20 heavy (non-hydrogen) atoms. The smallest absolute Gasteiger partial charge is 0.140 e. The Morgan fingerprint density at radius 2 is 2.10 bits per heavy atom. The molecule has 1 aromatic carbocycles. The second-order valence-corrected chi connectivity index (χ2v) is 4.67. The molecule has 1 heterocycles. The molecule has 0 amide bonds. The zero-order valence-electron chi connectivity index (χ0n) is 12.1. The first-order chi connectivity index (χ1) is 9.52. The van der Waals surface area contributed by atoms with Crippen molar-refractivity contribution < 1.29 is 19.1 Å². The maximum atomic E-state index is 9.78. The molecule has 0 fully saturated rings. The van der Waals surface area contributed by atoms with Crippen molar-refractivity contribution in [2.24, 2.45) is 0 Å². The summed E-state index contributed by atoms with van der Waals surface area (Å²) in [5, 5.41) is 13.7. The van der Waals surface area contributed by atoms with Crippen molar-refractivity contribution in [3.63, 3.8) is 0 Å². The minimum Gasteiger partial charge on any atom is -0.497 e. The molecule has 0 saturated heterocycles. The Hall–Kier alpha value is -2.01. The molecular weight excluding hydrogens is 258 g/mol. The zero-order valence-corrected chi connectivity index (χ0v) is 12.1. The van der Waals surface area contributed by atoms with E-state index in [1.165, 1.54) is 0 Å². The van der Waals surface area contributed by atoms with Crippen LogP contribution in [0.5, 0.6) is 11.5 Å². The fraction of sp³-hybridized carbons (Fsp3) is 0.400. The number of hydrogen-bond acceptors (Lipinski definition) is 5. The summed E-state index contributed by atoms with van der Waals surface area (Å²) in [5.41, 5.74) is 2.45. The lowest BCUT2D eigenvalue weighted by atomic mass is 10.1. The van der Waals surface area contributed by atoms with Crippen LogP contribution in [0.1, 0.15) is 35.6 Å². The molecule has 1 atom stereocenters. The van der Waals surface area contributed by atoms with E-state index in [9.17, 15) is 5.11 Å². The molecule has 0 bridgehead atoms. The topological polar surface area (TPSA) is 64.7 Å². The van der Waals surface area contributed by atoms with Gasteiger partial charge in [0.2, 0.25) is 0 Å². The van der Waals surface area contributed by atoms with Crippen molar-refractivity contribution in [3.05, 3.63) is 40.8 Å². The lowest BCUT2D eigenvalue weighted by molar-refractivity contribution is 0.189. The van der Waals surface area contributed by atoms with Crippen molar-refractivity contribution in [2.75, 3.05) is 7.11 Å². The predicted molar refractivity (Wildman–Crippen MR) is 73.9 cm³/mol. The predicted octanol–water partition coefficient (Wildman–Crippen LogP) is 2.93. The van der Waals surface area contributed by atoms with Gasteiger partial charge in [0, 0.05) is 11.6 Å². The van der Waals surface area contributed by atoms with Crippen LogP contribution in [0.4, 0.5) is 0 Å². The van der Waals surface area contributed by atoms with E-state index in [2.05, 4.69) is 5.16 Å². The molecule has 1 unspecified atom stereocenters. The highest BCUT2D eigenvalue weighted by molar-refractivity contribution is 5.42. The van der Waals surface area contributed by atoms with Crippen LogP contribution in [0.2, 0.25) is 0 Å². The Morgan fingerprint density at radius 3 is 2.65 bits per heavy atom. The Balaban J connectivity index is 2.23. The number of ether oxygens (including phenoxy) is 2. The molecule has 0 aliphatic carbocycles. The van der Waals surface area contributed by atoms with E-state index in [0.29, 0.717) is 18.1 Å². The standard InChI is InChI=1S/C15H19NO4/c1-9-14(11(3)20-16-9)8-19-15-7-12(18-4)5-6-13(15)10(2)17/h5-7,10,17H,8H2,1-4H3. The van der Waals surface area contributed by atoms with Crippen LogP contribution < -0.4 is 9.47 Å². The van der Waals surface area contributed by atoms with Crippen LogP contribution in [0.15, 0.2) is 22.7 Å². The van der Waals surface area contributed by atoms with Gasteiger partial charge in [0.15, 0.2) is 0 Å². The molecule has 2 rings (SSSR count). The van der Waals surface area contributed by atoms with Crippen molar-refractivity contribution in [1.29, 1.82) is 0 Å². The van der Waals surface area contributed by atoms with Gasteiger partial charge in [-0.05, 0) is 32.9 Å². The minimum atomic E-state index is -0.611. The zero-order chi connectivity index (χ0) is 14.7. The summed E-state index contributed by atoms with van der Waals surface area (Å²) in [5.74, 6) is 2.02. The van der Waals surface area contributed by atoms with Gasteiger partial charge in [-0.1, -0.05) is 5.16 Å². The summed E-state index contributed by atoms with van der Waals surface area (Å²) in [6.45, 7) is 5.76. The molecule has 0 spiro atoms. The maximum absolute atomic E-state index is 9.78. The molecule has 2 aromatic rings. The normalized spacial score (nSPS) is 12.2. The number of aryl methyl sites for hydroxylation is 2. The van der Waals surface area contributed by atoms with Crippen LogP contribution >= 0.6 is 0 Å². The largest absolute Gasteiger partial charge is 0.497 e. The van der Waals surface area contributed by atoms with Crippen LogP contribution in [0.3, 0.4) is 0 Å². The van der Waals surface area contributed by atoms with Gasteiger partial charge in [0.05, 0.1) is 24.5 Å². The Kier molecular flexibility index (Phi) is 4.29. The van der Waals surface area contributed by atoms with Gasteiger partial charge in [-0.2, -0.15) is 0 Å². The minimum absolute atomic E-state index is 0.341. The highest BCUT2D eigenvalue weighted by Gasteiger charge is 2.14. The molecule has 5 nitrogen and oxygen atoms in total. The summed E-state index contributed by atoms with van der Waals surface area (Å²) < 4.78 is 16.1. The first-order valence-corrected chi connectivity index (χ1v) is 6.43. The maximum Gasteiger partial charge on any atom is 0.140 e. The number of hydrogen-bond donors (Lipinski definition) is 1. The van der Waals surface area contributed by atoms with E-state index in [1.807, 2.05) is 13.8 Å². The van der Waals surface area contributed by atoms with Crippen LogP contribution in [-0.2, 0) is 6.61 Å². The summed E-state index contributed by atoms with van der Waals surface area (Å²) in [4.78, 5) is 0. The van der Waals surface area contributed by atoms with Crippen molar-refractivity contribution in [1.82, 2.24) is 5.16 Å². The Labute approximate surface area is 118 Å². The second-order valence-electron chi connectivity index (χ2n) is 4.67. The van der Waals surface area contributed by atoms with E-state index in [4.69, 9.17) is 14.0 Å². The van der Waals surface area contributed by atoms with Gasteiger partial charge in [-0.15, -0.1) is 0 Å². The lowest BCUT2D eigenvalue weighted by Crippen LogP contribution is -2.02. The van der Waals surface area contributed by atoms with Gasteiger partial charge < -0.3 is 19.1 Å². The fourth-order valence-electron chi connectivity index (χ4n) is 1.97. The summed E-state index contributed by atoms with van der Waals surface area (Å²) in [6, 6.07) is 5.36. The molecule has 0 aliphatic rings. The average molecular weight is 277 g/mol. The molecule has 0 aliphatic heterocycles. The number of aromatic nitrogens is 1. The number of rotatable bonds is 5. The van der Waals surface area contributed by atoms with E-state index in [1.54, 1.807) is 32.2 Å². The monoisotopic (exact) mass is 277 g/mol. The highest BCUT2D eigenvalue weighted by Crippen LogP contribution is 2.30. The molecule has 5 heteroatoms. The highest BCUT2D eigenvalue weighted by atomic mass is 16.5. The van der Waals surface area contributed by atoms with E-state index >= 15 is 0 Å². The van der Waals surface area contributed by atoms with Crippen LogP contribution in [0, 0.1) is 13.8 Å². The Bertz CT molecular complexity index is 570. The van der Waals surface area contributed by atoms with Gasteiger partial charge in [-0.25, -0.2) is 0 Å². The SMILES string of the molecule is COc1ccc(C(C)O)c(OCc2c(C)noc2C)c1. The molecular formula is C15H19NO4. The first kappa shape index (κ1) is 14.4. The fourth-order valence-corrected chi connectivity index (χ4v) is 1.97. The van der Waals surface area contributed by atoms with E-state index in [0.717, 1.165) is 22.6 Å². The van der Waals surface area contributed by atoms with Crippen molar-refractivity contribution in [2.45, 2.75) is 33.5 Å². The molecule has 108 valence electrons. The summed E-state index contributed by atoms with van der Waals surface area (Å²) >= 11 is 0. The third-order valence-corrected chi connectivity index (χ3v) is 3.22. The van der Waals surface area contributed by atoms with Gasteiger partial charge in [0.1, 0.15) is 23.9 Å². The number of aliphatic hydroxyl groups excluding tert-OH is 1. The summed E-state index contributed by atoms with van der Waals surface area (Å²) in [7, 11) is 1.59. The van der Waals surface area contributed by atoms with Crippen LogP contribution in [-0.4, -0.2) is 17.4 Å². The lowest BCUT2D eigenvalue weighted by Gasteiger charge is -2.14. The third kappa shape index (κ3) is 2.93. The number of benzene rings is 1. The van der Waals surface area contributed by atoms with Gasteiger partial charge in [0.25, 0.3) is 0 Å². The molecule has 1 N–H and O–H groups in total. The quantitative estimate of drug-likeness (QED) is 0.910. The Morgan fingerprint density at radius 1 is 1.35 bits per heavy atom. The van der Waals surface area contributed by atoms with Gasteiger partial charge >= 0.3 is 0 Å². The van der Waals surface area contributed by atoms with E-state index in [-0.39, 0.29) is 0 Å².